The highest BCUT2D eigenvalue weighted by Gasteiger charge is 2.19. The van der Waals surface area contributed by atoms with E-state index in [4.69, 9.17) is 5.11 Å². The Morgan fingerprint density at radius 2 is 2.15 bits per heavy atom. The summed E-state index contributed by atoms with van der Waals surface area (Å²) in [6.07, 6.45) is 3.07. The molecule has 0 atom stereocenters. The normalized spacial score (nSPS) is 11.5. The van der Waals surface area contributed by atoms with E-state index in [1.807, 2.05) is 0 Å². The summed E-state index contributed by atoms with van der Waals surface area (Å²) in [5.74, 6) is -1.41. The number of sulfone groups is 1. The van der Waals surface area contributed by atoms with Crippen molar-refractivity contribution in [1.29, 1.82) is 0 Å². The Bertz CT molecular complexity index is 768. The van der Waals surface area contributed by atoms with E-state index < -0.39 is 15.8 Å². The molecule has 0 bridgehead atoms. The molecule has 2 rings (SSSR count). The highest BCUT2D eigenvalue weighted by molar-refractivity contribution is 9.10. The second-order valence-corrected chi connectivity index (χ2v) is 7.07. The predicted octanol–water partition coefficient (Wildman–Crippen LogP) is 1.85. The van der Waals surface area contributed by atoms with Gasteiger partial charge in [-0.05, 0) is 34.1 Å². The zero-order chi connectivity index (χ0) is 14.9. The summed E-state index contributed by atoms with van der Waals surface area (Å²) >= 11 is 3.08. The van der Waals surface area contributed by atoms with Crippen LogP contribution < -0.4 is 0 Å². The van der Waals surface area contributed by atoms with E-state index in [9.17, 15) is 13.2 Å². The monoisotopic (exact) mass is 358 g/mol. The Hall–Kier alpha value is -1.67. The van der Waals surface area contributed by atoms with E-state index in [2.05, 4.69) is 21.0 Å². The third-order valence-electron chi connectivity index (χ3n) is 2.64. The molecule has 20 heavy (non-hydrogen) atoms. The maximum Gasteiger partial charge on any atom is 0.336 e. The topological polar surface area (TPSA) is 89.3 Å². The van der Waals surface area contributed by atoms with Gasteiger partial charge in [0.2, 0.25) is 0 Å². The summed E-state index contributed by atoms with van der Waals surface area (Å²) < 4.78 is 26.4. The number of hydrogen-bond donors (Lipinski definition) is 1. The fourth-order valence-corrected chi connectivity index (χ4v) is 3.45. The van der Waals surface area contributed by atoms with Crippen molar-refractivity contribution in [2.45, 2.75) is 10.6 Å². The molecule has 0 amide bonds. The van der Waals surface area contributed by atoms with Gasteiger partial charge in [-0.2, -0.15) is 5.10 Å². The summed E-state index contributed by atoms with van der Waals surface area (Å²) in [5, 5.41) is 12.9. The third kappa shape index (κ3) is 3.07. The molecule has 0 saturated carbocycles. The van der Waals surface area contributed by atoms with Crippen LogP contribution in [0, 0.1) is 0 Å². The molecule has 0 unspecified atom stereocenters. The number of rotatable bonds is 4. The van der Waals surface area contributed by atoms with Crippen molar-refractivity contribution in [3.05, 3.63) is 46.2 Å². The predicted molar refractivity (Wildman–Crippen MR) is 75.2 cm³/mol. The van der Waals surface area contributed by atoms with Crippen LogP contribution in [0.25, 0.3) is 0 Å². The number of carboxylic acids is 1. The van der Waals surface area contributed by atoms with Crippen molar-refractivity contribution in [1.82, 2.24) is 9.78 Å². The maximum atomic E-state index is 12.3. The lowest BCUT2D eigenvalue weighted by atomic mass is 10.2. The first-order valence-corrected chi connectivity index (χ1v) is 7.97. The van der Waals surface area contributed by atoms with Crippen molar-refractivity contribution >= 4 is 31.7 Å². The number of carbonyl (C=O) groups is 1. The third-order valence-corrected chi connectivity index (χ3v) is 5.02. The largest absolute Gasteiger partial charge is 0.478 e. The molecule has 0 radical (unpaired) electrons. The number of benzene rings is 1. The molecular formula is C12H11BrN2O4S. The fourth-order valence-electron chi connectivity index (χ4n) is 1.71. The van der Waals surface area contributed by atoms with Crippen LogP contribution in [0.1, 0.15) is 15.9 Å². The number of carboxylic acid groups (broad SMARTS) is 1. The van der Waals surface area contributed by atoms with Gasteiger partial charge in [0.1, 0.15) is 0 Å². The molecule has 0 aliphatic rings. The van der Waals surface area contributed by atoms with E-state index in [-0.39, 0.29) is 16.2 Å². The second-order valence-electron chi connectivity index (χ2n) is 4.23. The Balaban J connectivity index is 2.39. The van der Waals surface area contributed by atoms with Crippen LogP contribution in [0.3, 0.4) is 0 Å². The molecule has 6 nitrogen and oxygen atoms in total. The number of aryl methyl sites for hydroxylation is 1. The summed E-state index contributed by atoms with van der Waals surface area (Å²) in [5.41, 5.74) is 0.463. The van der Waals surface area contributed by atoms with Crippen LogP contribution in [-0.2, 0) is 22.6 Å². The highest BCUT2D eigenvalue weighted by Crippen LogP contribution is 2.23. The number of hydrogen-bond acceptors (Lipinski definition) is 4. The van der Waals surface area contributed by atoms with E-state index in [0.29, 0.717) is 10.0 Å². The van der Waals surface area contributed by atoms with Crippen LogP contribution in [0.2, 0.25) is 0 Å². The number of halogens is 1. The molecule has 0 fully saturated rings. The minimum Gasteiger partial charge on any atom is -0.478 e. The lowest BCUT2D eigenvalue weighted by Crippen LogP contribution is -2.07. The van der Waals surface area contributed by atoms with Gasteiger partial charge in [0, 0.05) is 23.3 Å². The number of nitrogens with zero attached hydrogens (tertiary/aromatic N) is 2. The molecule has 1 N–H and O–H groups in total. The van der Waals surface area contributed by atoms with Crippen molar-refractivity contribution in [2.75, 3.05) is 0 Å². The van der Waals surface area contributed by atoms with E-state index >= 15 is 0 Å². The van der Waals surface area contributed by atoms with Crippen molar-refractivity contribution in [2.24, 2.45) is 7.05 Å². The molecule has 106 valence electrons. The van der Waals surface area contributed by atoms with Crippen molar-refractivity contribution < 1.29 is 18.3 Å². The molecule has 1 aromatic heterocycles. The molecule has 1 heterocycles. The molecule has 8 heteroatoms. The first kappa shape index (κ1) is 14.7. The Morgan fingerprint density at radius 1 is 1.45 bits per heavy atom. The Kier molecular flexibility index (Phi) is 3.96. The van der Waals surface area contributed by atoms with E-state index in [1.165, 1.54) is 23.0 Å². The fraction of sp³-hybridized carbons (Fsp3) is 0.167. The van der Waals surface area contributed by atoms with Gasteiger partial charge in [-0.1, -0.05) is 0 Å². The zero-order valence-corrected chi connectivity index (χ0v) is 12.8. The van der Waals surface area contributed by atoms with Gasteiger partial charge in [0.15, 0.2) is 9.84 Å². The molecule has 0 aliphatic carbocycles. The minimum atomic E-state index is -3.61. The Labute approximate surface area is 124 Å². The average Bonchev–Trinajstić information content (AvgIpc) is 2.73. The molecule has 0 spiro atoms. The number of aromatic nitrogens is 2. The SMILES string of the molecule is Cn1cc(CS(=O)(=O)c2ccc(Br)c(C(=O)O)c2)cn1. The lowest BCUT2D eigenvalue weighted by Gasteiger charge is -2.05. The summed E-state index contributed by atoms with van der Waals surface area (Å²) in [4.78, 5) is 11.0. The molecule has 0 aliphatic heterocycles. The van der Waals surface area contributed by atoms with Crippen LogP contribution >= 0.6 is 15.9 Å². The molecule has 2 aromatic rings. The molecule has 0 saturated heterocycles. The molecular weight excluding hydrogens is 348 g/mol. The van der Waals surface area contributed by atoms with Gasteiger partial charge in [0.25, 0.3) is 0 Å². The first-order valence-electron chi connectivity index (χ1n) is 5.53. The van der Waals surface area contributed by atoms with E-state index in [0.717, 1.165) is 6.07 Å². The average molecular weight is 359 g/mol. The number of aromatic carboxylic acids is 1. The van der Waals surface area contributed by atoms with Crippen LogP contribution in [-0.4, -0.2) is 29.3 Å². The van der Waals surface area contributed by atoms with Gasteiger partial charge in [-0.3, -0.25) is 4.68 Å². The van der Waals surface area contributed by atoms with Gasteiger partial charge >= 0.3 is 5.97 Å². The first-order chi connectivity index (χ1) is 9.29. The maximum absolute atomic E-state index is 12.3. The minimum absolute atomic E-state index is 0.0260. The summed E-state index contributed by atoms with van der Waals surface area (Å²) in [6.45, 7) is 0. The van der Waals surface area contributed by atoms with Crippen molar-refractivity contribution in [3.8, 4) is 0 Å². The van der Waals surface area contributed by atoms with Crippen molar-refractivity contribution in [3.63, 3.8) is 0 Å². The van der Waals surface area contributed by atoms with Gasteiger partial charge < -0.3 is 5.11 Å². The van der Waals surface area contributed by atoms with Crippen LogP contribution in [0.15, 0.2) is 40.0 Å². The van der Waals surface area contributed by atoms with Gasteiger partial charge in [-0.25, -0.2) is 13.2 Å². The van der Waals surface area contributed by atoms with Crippen LogP contribution in [0.4, 0.5) is 0 Å². The van der Waals surface area contributed by atoms with E-state index in [1.54, 1.807) is 13.2 Å². The second kappa shape index (κ2) is 5.37. The molecule has 1 aromatic carbocycles. The quantitative estimate of drug-likeness (QED) is 0.900. The smallest absolute Gasteiger partial charge is 0.336 e. The van der Waals surface area contributed by atoms with Crippen LogP contribution in [0.5, 0.6) is 0 Å². The highest BCUT2D eigenvalue weighted by atomic mass is 79.9. The lowest BCUT2D eigenvalue weighted by molar-refractivity contribution is 0.0695. The standard InChI is InChI=1S/C12H11BrN2O4S/c1-15-6-8(5-14-15)7-20(18,19)9-2-3-11(13)10(4-9)12(16)17/h2-6H,7H2,1H3,(H,16,17). The van der Waals surface area contributed by atoms with Gasteiger partial charge in [-0.15, -0.1) is 0 Å². The van der Waals surface area contributed by atoms with Gasteiger partial charge in [0.05, 0.1) is 22.4 Å². The zero-order valence-electron chi connectivity index (χ0n) is 10.4. The summed E-state index contributed by atoms with van der Waals surface area (Å²) in [6, 6.07) is 3.94. The summed E-state index contributed by atoms with van der Waals surface area (Å²) in [7, 11) is -1.92. The Morgan fingerprint density at radius 3 is 2.70 bits per heavy atom.